The first-order valence-electron chi connectivity index (χ1n) is 9.12. The van der Waals surface area contributed by atoms with Crippen LogP contribution in [0.3, 0.4) is 0 Å². The van der Waals surface area contributed by atoms with Gasteiger partial charge in [-0.1, -0.05) is 30.2 Å². The van der Waals surface area contributed by atoms with Crippen molar-refractivity contribution >= 4 is 27.5 Å². The molecular weight excluding hydrogens is 400 g/mol. The van der Waals surface area contributed by atoms with Gasteiger partial charge < -0.3 is 10.1 Å². The Kier molecular flexibility index (Phi) is 6.59. The maximum atomic E-state index is 12.8. The molecule has 8 heteroatoms. The van der Waals surface area contributed by atoms with Crippen molar-refractivity contribution in [1.82, 2.24) is 9.62 Å². The van der Waals surface area contributed by atoms with E-state index >= 15 is 0 Å². The van der Waals surface area contributed by atoms with Crippen LogP contribution >= 0.6 is 11.6 Å². The normalized spacial score (nSPS) is 15.2. The minimum atomic E-state index is -3.50. The zero-order chi connectivity index (χ0) is 20.1. The quantitative estimate of drug-likeness (QED) is 0.773. The molecule has 1 amide bonds. The molecule has 0 unspecified atom stereocenters. The molecule has 1 N–H and O–H groups in total. The first-order valence-corrected chi connectivity index (χ1v) is 10.9. The summed E-state index contributed by atoms with van der Waals surface area (Å²) in [6, 6.07) is 11.5. The zero-order valence-corrected chi connectivity index (χ0v) is 17.2. The van der Waals surface area contributed by atoms with Crippen molar-refractivity contribution in [3.8, 4) is 5.75 Å². The van der Waals surface area contributed by atoms with E-state index in [0.29, 0.717) is 35.0 Å². The molecule has 1 saturated heterocycles. The predicted molar refractivity (Wildman–Crippen MR) is 108 cm³/mol. The zero-order valence-electron chi connectivity index (χ0n) is 15.7. The van der Waals surface area contributed by atoms with Crippen molar-refractivity contribution in [2.45, 2.75) is 30.7 Å². The molecule has 0 radical (unpaired) electrons. The molecule has 0 atom stereocenters. The number of halogens is 1. The van der Waals surface area contributed by atoms with Crippen molar-refractivity contribution in [3.05, 3.63) is 58.6 Å². The number of benzene rings is 2. The Hall–Kier alpha value is -2.09. The molecule has 0 spiro atoms. The Morgan fingerprint density at radius 1 is 1.14 bits per heavy atom. The standard InChI is InChI=1S/C20H23ClN2O4S/c1-27-19-13-16(21)8-9-18(19)20(24)22-14-15-6-5-7-17(12-15)28(25,26)23-10-3-2-4-11-23/h5-9,12-13H,2-4,10-11,14H2,1H3,(H,22,24). The number of carbonyl (C=O) groups excluding carboxylic acids is 1. The number of amides is 1. The van der Waals surface area contributed by atoms with Gasteiger partial charge in [0, 0.05) is 24.7 Å². The molecule has 150 valence electrons. The number of piperidine rings is 1. The molecule has 2 aromatic rings. The van der Waals surface area contributed by atoms with Crippen molar-refractivity contribution in [2.24, 2.45) is 0 Å². The first-order chi connectivity index (χ1) is 13.4. The highest BCUT2D eigenvalue weighted by atomic mass is 35.5. The van der Waals surface area contributed by atoms with Crippen LogP contribution in [0, 0.1) is 0 Å². The summed E-state index contributed by atoms with van der Waals surface area (Å²) in [4.78, 5) is 12.7. The van der Waals surface area contributed by atoms with E-state index in [1.54, 1.807) is 42.5 Å². The number of methoxy groups -OCH3 is 1. The summed E-state index contributed by atoms with van der Waals surface area (Å²) in [7, 11) is -2.04. The lowest BCUT2D eigenvalue weighted by atomic mass is 10.1. The maximum absolute atomic E-state index is 12.8. The van der Waals surface area contributed by atoms with Crippen molar-refractivity contribution < 1.29 is 17.9 Å². The van der Waals surface area contributed by atoms with Crippen LogP contribution in [0.15, 0.2) is 47.4 Å². The van der Waals surface area contributed by atoms with Crippen LogP contribution in [0.25, 0.3) is 0 Å². The van der Waals surface area contributed by atoms with Gasteiger partial charge in [-0.15, -0.1) is 0 Å². The highest BCUT2D eigenvalue weighted by Gasteiger charge is 2.26. The number of hydrogen-bond acceptors (Lipinski definition) is 4. The summed E-state index contributed by atoms with van der Waals surface area (Å²) in [6.45, 7) is 1.31. The monoisotopic (exact) mass is 422 g/mol. The number of ether oxygens (including phenoxy) is 1. The second kappa shape index (κ2) is 8.94. The number of nitrogens with zero attached hydrogens (tertiary/aromatic N) is 1. The molecular formula is C20H23ClN2O4S. The summed E-state index contributed by atoms with van der Waals surface area (Å²) >= 11 is 5.92. The topological polar surface area (TPSA) is 75.7 Å². The van der Waals surface area contributed by atoms with Crippen LogP contribution in [0.2, 0.25) is 5.02 Å². The van der Waals surface area contributed by atoms with E-state index in [4.69, 9.17) is 16.3 Å². The molecule has 2 aromatic carbocycles. The fourth-order valence-electron chi connectivity index (χ4n) is 3.20. The summed E-state index contributed by atoms with van der Waals surface area (Å²) in [5, 5.41) is 3.27. The van der Waals surface area contributed by atoms with Crippen LogP contribution in [0.5, 0.6) is 5.75 Å². The smallest absolute Gasteiger partial charge is 0.255 e. The number of hydrogen-bond donors (Lipinski definition) is 1. The lowest BCUT2D eigenvalue weighted by Gasteiger charge is -2.26. The van der Waals surface area contributed by atoms with Gasteiger partial charge in [-0.3, -0.25) is 4.79 Å². The largest absolute Gasteiger partial charge is 0.496 e. The van der Waals surface area contributed by atoms with Gasteiger partial charge in [0.15, 0.2) is 0 Å². The fourth-order valence-corrected chi connectivity index (χ4v) is 4.95. The fraction of sp³-hybridized carbons (Fsp3) is 0.350. The summed E-state index contributed by atoms with van der Waals surface area (Å²) in [5.41, 5.74) is 1.07. The van der Waals surface area contributed by atoms with Crippen LogP contribution in [-0.2, 0) is 16.6 Å². The molecule has 0 aromatic heterocycles. The van der Waals surface area contributed by atoms with Gasteiger partial charge in [0.1, 0.15) is 5.75 Å². The van der Waals surface area contributed by atoms with E-state index in [2.05, 4.69) is 5.32 Å². The molecule has 1 aliphatic heterocycles. The molecule has 1 heterocycles. The maximum Gasteiger partial charge on any atom is 0.255 e. The average Bonchev–Trinajstić information content (AvgIpc) is 2.72. The molecule has 1 aliphatic rings. The van der Waals surface area contributed by atoms with Gasteiger partial charge in [-0.05, 0) is 48.7 Å². The lowest BCUT2D eigenvalue weighted by Crippen LogP contribution is -2.35. The highest BCUT2D eigenvalue weighted by Crippen LogP contribution is 2.24. The predicted octanol–water partition coefficient (Wildman–Crippen LogP) is 3.45. The van der Waals surface area contributed by atoms with E-state index in [0.717, 1.165) is 19.3 Å². The van der Waals surface area contributed by atoms with Crippen LogP contribution < -0.4 is 10.1 Å². The van der Waals surface area contributed by atoms with Gasteiger partial charge >= 0.3 is 0 Å². The van der Waals surface area contributed by atoms with E-state index in [1.807, 2.05) is 0 Å². The molecule has 1 fully saturated rings. The molecule has 6 nitrogen and oxygen atoms in total. The summed E-state index contributed by atoms with van der Waals surface area (Å²) < 4.78 is 32.4. The number of sulfonamides is 1. The van der Waals surface area contributed by atoms with E-state index in [9.17, 15) is 13.2 Å². The second-order valence-corrected chi connectivity index (χ2v) is 9.01. The van der Waals surface area contributed by atoms with Crippen molar-refractivity contribution in [3.63, 3.8) is 0 Å². The van der Waals surface area contributed by atoms with E-state index in [1.165, 1.54) is 11.4 Å². The minimum absolute atomic E-state index is 0.202. The minimum Gasteiger partial charge on any atom is -0.496 e. The van der Waals surface area contributed by atoms with Crippen molar-refractivity contribution in [1.29, 1.82) is 0 Å². The van der Waals surface area contributed by atoms with Crippen molar-refractivity contribution in [2.75, 3.05) is 20.2 Å². The number of carbonyl (C=O) groups is 1. The third-order valence-electron chi connectivity index (χ3n) is 4.71. The average molecular weight is 423 g/mol. The summed E-state index contributed by atoms with van der Waals surface area (Å²) in [5.74, 6) is 0.0595. The third kappa shape index (κ3) is 4.66. The molecule has 0 bridgehead atoms. The Morgan fingerprint density at radius 3 is 2.61 bits per heavy atom. The lowest BCUT2D eigenvalue weighted by molar-refractivity contribution is 0.0948. The molecule has 28 heavy (non-hydrogen) atoms. The molecule has 0 saturated carbocycles. The van der Waals surface area contributed by atoms with Crippen LogP contribution in [-0.4, -0.2) is 38.8 Å². The Balaban J connectivity index is 1.72. The molecule has 3 rings (SSSR count). The van der Waals surface area contributed by atoms with E-state index in [-0.39, 0.29) is 17.3 Å². The van der Waals surface area contributed by atoms with Gasteiger partial charge in [0.05, 0.1) is 17.6 Å². The van der Waals surface area contributed by atoms with Gasteiger partial charge in [0.25, 0.3) is 5.91 Å². The van der Waals surface area contributed by atoms with Gasteiger partial charge in [-0.2, -0.15) is 4.31 Å². The highest BCUT2D eigenvalue weighted by molar-refractivity contribution is 7.89. The SMILES string of the molecule is COc1cc(Cl)ccc1C(=O)NCc1cccc(S(=O)(=O)N2CCCCC2)c1. The number of rotatable bonds is 6. The van der Waals surface area contributed by atoms with E-state index < -0.39 is 10.0 Å². The Bertz CT molecular complexity index is 956. The molecule has 0 aliphatic carbocycles. The Morgan fingerprint density at radius 2 is 1.89 bits per heavy atom. The van der Waals surface area contributed by atoms with Crippen LogP contribution in [0.1, 0.15) is 35.2 Å². The van der Waals surface area contributed by atoms with Gasteiger partial charge in [0.2, 0.25) is 10.0 Å². The van der Waals surface area contributed by atoms with Gasteiger partial charge in [-0.25, -0.2) is 8.42 Å². The third-order valence-corrected chi connectivity index (χ3v) is 6.84. The Labute approximate surface area is 170 Å². The summed E-state index contributed by atoms with van der Waals surface area (Å²) in [6.07, 6.45) is 2.84. The first kappa shape index (κ1) is 20.6. The second-order valence-electron chi connectivity index (χ2n) is 6.64. The number of nitrogens with one attached hydrogen (secondary N) is 1. The van der Waals surface area contributed by atoms with Crippen LogP contribution in [0.4, 0.5) is 0 Å².